The molecule has 0 aliphatic rings. The maximum atomic E-state index is 4.50. The first-order chi connectivity index (χ1) is 20.8. The topological polar surface area (TPSA) is 107 Å². The first-order valence-electron chi connectivity index (χ1n) is 13.3. The van der Waals surface area contributed by atoms with Gasteiger partial charge in [-0.05, 0) is 77.5 Å². The van der Waals surface area contributed by atoms with Gasteiger partial charge < -0.3 is 15.0 Å². The van der Waals surface area contributed by atoms with E-state index in [1.165, 1.54) is 0 Å². The number of imidazole rings is 2. The average molecular weight is 647 g/mol. The molecular weight excluding hydrogens is 622 g/mol. The Hall–Kier alpha value is -5.40. The fourth-order valence-electron chi connectivity index (χ4n) is 4.13. The third kappa shape index (κ3) is 7.47. The van der Waals surface area contributed by atoms with E-state index >= 15 is 0 Å². The number of nitrogens with one attached hydrogen (secondary N) is 1. The van der Waals surface area contributed by atoms with Gasteiger partial charge in [0, 0.05) is 24.8 Å². The Bertz CT molecular complexity index is 1690. The van der Waals surface area contributed by atoms with Crippen molar-refractivity contribution >= 4 is 22.1 Å². The van der Waals surface area contributed by atoms with Gasteiger partial charge in [-0.1, -0.05) is 60.7 Å². The number of fused-ring (bicyclic) bond motifs is 2. The molecule has 8 rings (SSSR count). The molecule has 0 saturated heterocycles. The van der Waals surface area contributed by atoms with Gasteiger partial charge in [0.2, 0.25) is 0 Å². The van der Waals surface area contributed by atoms with E-state index in [4.69, 9.17) is 0 Å². The number of hydrogen-bond donors (Lipinski definition) is 1. The van der Waals surface area contributed by atoms with Crippen LogP contribution in [0.5, 0.6) is 0 Å². The minimum Gasteiger partial charge on any atom is -0.433 e. The Morgan fingerprint density at radius 2 is 0.884 bits per heavy atom. The van der Waals surface area contributed by atoms with Crippen molar-refractivity contribution in [2.45, 2.75) is 0 Å². The number of H-pyrrole nitrogens is 1. The van der Waals surface area contributed by atoms with Crippen LogP contribution in [0.3, 0.4) is 0 Å². The molecule has 2 aromatic carbocycles. The molecule has 0 amide bonds. The summed E-state index contributed by atoms with van der Waals surface area (Å²) in [5.74, 6) is 1.36. The average Bonchev–Trinajstić information content (AvgIpc) is 3.72. The normalized spacial score (nSPS) is 10.1. The SMILES string of the molecule is [Ru+].c1ccc(-c2ccccn2)nc1.c1ccc(-c2ccccn2)nc1.c1ccc2[n-]c(-c3nc4ccccc4[nH]3)nc2c1. The number of para-hydroxylation sites is 4. The van der Waals surface area contributed by atoms with Crippen LogP contribution in [-0.2, 0) is 19.5 Å². The molecule has 1 radical (unpaired) electrons. The molecule has 0 unspecified atom stereocenters. The minimum absolute atomic E-state index is 0. The van der Waals surface area contributed by atoms with Gasteiger partial charge in [0.25, 0.3) is 0 Å². The van der Waals surface area contributed by atoms with Crippen molar-refractivity contribution in [3.8, 4) is 34.4 Å². The first-order valence-corrected chi connectivity index (χ1v) is 13.3. The smallest absolute Gasteiger partial charge is 0.433 e. The Balaban J connectivity index is 0.000000131. The van der Waals surface area contributed by atoms with Crippen LogP contribution >= 0.6 is 0 Å². The van der Waals surface area contributed by atoms with Gasteiger partial charge in [0.15, 0.2) is 0 Å². The summed E-state index contributed by atoms with van der Waals surface area (Å²) in [5.41, 5.74) is 7.39. The third-order valence-electron chi connectivity index (χ3n) is 6.12. The zero-order valence-corrected chi connectivity index (χ0v) is 24.6. The third-order valence-corrected chi connectivity index (χ3v) is 6.12. The summed E-state index contributed by atoms with van der Waals surface area (Å²) in [5, 5.41) is 0. The second-order valence-electron chi connectivity index (χ2n) is 9.00. The summed E-state index contributed by atoms with van der Waals surface area (Å²) >= 11 is 0. The van der Waals surface area contributed by atoms with Gasteiger partial charge in [-0.15, -0.1) is 0 Å². The van der Waals surface area contributed by atoms with Crippen LogP contribution in [0.4, 0.5) is 0 Å². The van der Waals surface area contributed by atoms with Crippen molar-refractivity contribution in [3.63, 3.8) is 0 Å². The maximum Gasteiger partial charge on any atom is 1.00 e. The fourth-order valence-corrected chi connectivity index (χ4v) is 4.13. The van der Waals surface area contributed by atoms with Gasteiger partial charge >= 0.3 is 19.5 Å². The summed E-state index contributed by atoms with van der Waals surface area (Å²) in [6, 6.07) is 38.9. The van der Waals surface area contributed by atoms with Crippen LogP contribution in [0.1, 0.15) is 0 Å². The number of aromatic nitrogens is 8. The van der Waals surface area contributed by atoms with Crippen LogP contribution in [0.2, 0.25) is 0 Å². The molecular formula is C34H25N8Ru. The molecule has 0 fully saturated rings. The number of nitrogens with zero attached hydrogens (tertiary/aromatic N) is 7. The molecule has 6 aromatic heterocycles. The predicted octanol–water partition coefficient (Wildman–Crippen LogP) is 7.02. The Morgan fingerprint density at radius 3 is 1.33 bits per heavy atom. The quantitative estimate of drug-likeness (QED) is 0.206. The summed E-state index contributed by atoms with van der Waals surface area (Å²) in [4.78, 5) is 33.4. The molecule has 0 bridgehead atoms. The van der Waals surface area contributed by atoms with Crippen LogP contribution in [0, 0.1) is 0 Å². The molecule has 0 saturated carbocycles. The van der Waals surface area contributed by atoms with Crippen molar-refractivity contribution in [2.24, 2.45) is 0 Å². The molecule has 209 valence electrons. The summed E-state index contributed by atoms with van der Waals surface area (Å²) in [7, 11) is 0. The van der Waals surface area contributed by atoms with E-state index in [2.05, 4.69) is 39.9 Å². The van der Waals surface area contributed by atoms with Crippen molar-refractivity contribution in [2.75, 3.05) is 0 Å². The Morgan fingerprint density at radius 1 is 0.442 bits per heavy atom. The first kappa shape index (κ1) is 29.1. The number of hydrogen-bond acceptors (Lipinski definition) is 6. The van der Waals surface area contributed by atoms with E-state index in [0.717, 1.165) is 44.8 Å². The van der Waals surface area contributed by atoms with Gasteiger partial charge in [-0.2, -0.15) is 0 Å². The van der Waals surface area contributed by atoms with E-state index in [-0.39, 0.29) is 19.5 Å². The van der Waals surface area contributed by atoms with E-state index in [9.17, 15) is 0 Å². The molecule has 0 atom stereocenters. The zero-order chi connectivity index (χ0) is 28.4. The largest absolute Gasteiger partial charge is 1.00 e. The summed E-state index contributed by atoms with van der Waals surface area (Å²) in [6.45, 7) is 0. The fraction of sp³-hybridized carbons (Fsp3) is 0. The standard InChI is InChI=1S/C14H9N4.2C10H8N2.Ru/c1-2-6-10-9(5-1)15-13(16-10)14-17-11-7-3-4-8-12(11)18-14;2*1-3-7-11-9(5-1)10-6-2-4-8-12-10;/h1-8H,(H-,15,16,17,18);2*1-8H;/q-1;;;+1. The van der Waals surface area contributed by atoms with Gasteiger partial charge in [-0.25, -0.2) is 4.98 Å². The number of benzene rings is 2. The molecule has 43 heavy (non-hydrogen) atoms. The molecule has 0 spiro atoms. The molecule has 6 heterocycles. The predicted molar refractivity (Wildman–Crippen MR) is 165 cm³/mol. The number of rotatable bonds is 3. The van der Waals surface area contributed by atoms with Crippen molar-refractivity contribution in [1.82, 2.24) is 39.9 Å². The maximum absolute atomic E-state index is 4.50. The summed E-state index contributed by atoms with van der Waals surface area (Å²) in [6.07, 6.45) is 7.07. The molecule has 9 heteroatoms. The van der Waals surface area contributed by atoms with E-state index in [0.29, 0.717) is 11.6 Å². The molecule has 8 aromatic rings. The second-order valence-corrected chi connectivity index (χ2v) is 9.00. The Labute approximate surface area is 261 Å². The van der Waals surface area contributed by atoms with Crippen LogP contribution in [0.25, 0.3) is 56.5 Å². The second kappa shape index (κ2) is 14.5. The van der Waals surface area contributed by atoms with Gasteiger partial charge in [0.05, 0.1) is 33.8 Å². The summed E-state index contributed by atoms with van der Waals surface area (Å²) < 4.78 is 0. The molecule has 0 aliphatic carbocycles. The minimum atomic E-state index is 0. The molecule has 0 aliphatic heterocycles. The molecule has 1 N–H and O–H groups in total. The van der Waals surface area contributed by atoms with Crippen LogP contribution in [-0.4, -0.2) is 34.9 Å². The number of pyridine rings is 4. The monoisotopic (exact) mass is 647 g/mol. The number of aromatic amines is 1. The molecule has 8 nitrogen and oxygen atoms in total. The van der Waals surface area contributed by atoms with Crippen molar-refractivity contribution in [3.05, 3.63) is 146 Å². The van der Waals surface area contributed by atoms with E-state index in [1.54, 1.807) is 24.8 Å². The van der Waals surface area contributed by atoms with Crippen molar-refractivity contribution in [1.29, 1.82) is 0 Å². The Kier molecular flexibility index (Phi) is 9.80. The van der Waals surface area contributed by atoms with Crippen molar-refractivity contribution < 1.29 is 19.5 Å². The van der Waals surface area contributed by atoms with Gasteiger partial charge in [0.1, 0.15) is 5.82 Å². The van der Waals surface area contributed by atoms with Crippen LogP contribution < -0.4 is 4.98 Å². The van der Waals surface area contributed by atoms with E-state index < -0.39 is 0 Å². The van der Waals surface area contributed by atoms with Gasteiger partial charge in [-0.3, -0.25) is 19.9 Å². The zero-order valence-electron chi connectivity index (χ0n) is 22.8. The van der Waals surface area contributed by atoms with E-state index in [1.807, 2.05) is 121 Å². The van der Waals surface area contributed by atoms with Crippen LogP contribution in [0.15, 0.2) is 146 Å².